The Balaban J connectivity index is 3.61. The molecule has 0 aliphatic heterocycles. The van der Waals surface area contributed by atoms with Gasteiger partial charge in [-0.1, -0.05) is 62.3 Å². The van der Waals surface area contributed by atoms with Gasteiger partial charge in [-0.25, -0.2) is 0 Å². The molecular formula is C20H30O3. The predicted octanol–water partition coefficient (Wildman–Crippen LogP) is 5.40. The second kappa shape index (κ2) is 16.5. The maximum atomic E-state index is 11.4. The fourth-order valence-corrected chi connectivity index (χ4v) is 1.89. The van der Waals surface area contributed by atoms with Crippen molar-refractivity contribution in [2.45, 2.75) is 64.7 Å². The van der Waals surface area contributed by atoms with Crippen molar-refractivity contribution in [3.63, 3.8) is 0 Å². The molecule has 0 aliphatic carbocycles. The summed E-state index contributed by atoms with van der Waals surface area (Å²) in [4.78, 5) is 21.7. The van der Waals surface area contributed by atoms with Crippen molar-refractivity contribution >= 4 is 11.8 Å². The van der Waals surface area contributed by atoms with Gasteiger partial charge in [0.15, 0.2) is 5.78 Å². The molecule has 1 N–H and O–H groups in total. The van der Waals surface area contributed by atoms with Crippen molar-refractivity contribution in [1.29, 1.82) is 0 Å². The Bertz CT molecular complexity index is 428. The minimum Gasteiger partial charge on any atom is -0.481 e. The van der Waals surface area contributed by atoms with E-state index in [1.807, 2.05) is 12.2 Å². The lowest BCUT2D eigenvalue weighted by Gasteiger charge is -1.92. The SMILES string of the molecule is CCCCC/C=C/C/C=C\C/C=C/C=C\C(=O)CCCC(=O)O. The van der Waals surface area contributed by atoms with E-state index in [0.717, 1.165) is 12.8 Å². The van der Waals surface area contributed by atoms with Gasteiger partial charge < -0.3 is 5.11 Å². The normalized spacial score (nSPS) is 12.2. The lowest BCUT2D eigenvalue weighted by atomic mass is 10.1. The van der Waals surface area contributed by atoms with Crippen molar-refractivity contribution in [3.8, 4) is 0 Å². The summed E-state index contributed by atoms with van der Waals surface area (Å²) in [6, 6.07) is 0. The van der Waals surface area contributed by atoms with Gasteiger partial charge in [-0.05, 0) is 38.2 Å². The number of aliphatic carboxylic acids is 1. The lowest BCUT2D eigenvalue weighted by Crippen LogP contribution is -1.97. The molecule has 0 bridgehead atoms. The first-order valence-electron chi connectivity index (χ1n) is 8.54. The van der Waals surface area contributed by atoms with Crippen molar-refractivity contribution in [1.82, 2.24) is 0 Å². The lowest BCUT2D eigenvalue weighted by molar-refractivity contribution is -0.137. The van der Waals surface area contributed by atoms with E-state index in [2.05, 4.69) is 31.2 Å². The van der Waals surface area contributed by atoms with E-state index < -0.39 is 5.97 Å². The van der Waals surface area contributed by atoms with Gasteiger partial charge in [0.05, 0.1) is 0 Å². The van der Waals surface area contributed by atoms with Crippen LogP contribution in [0.4, 0.5) is 0 Å². The van der Waals surface area contributed by atoms with Crippen LogP contribution in [0.25, 0.3) is 0 Å². The third-order valence-electron chi connectivity index (χ3n) is 3.20. The number of hydrogen-bond donors (Lipinski definition) is 1. The Hall–Kier alpha value is -1.90. The molecule has 3 heteroatoms. The molecule has 0 spiro atoms. The number of hydrogen-bond acceptors (Lipinski definition) is 2. The highest BCUT2D eigenvalue weighted by atomic mass is 16.4. The van der Waals surface area contributed by atoms with Crippen LogP contribution in [0.3, 0.4) is 0 Å². The van der Waals surface area contributed by atoms with Crippen LogP contribution in [-0.4, -0.2) is 16.9 Å². The first-order valence-corrected chi connectivity index (χ1v) is 8.54. The highest BCUT2D eigenvalue weighted by Gasteiger charge is 1.99. The number of carboxylic acids is 1. The number of carbonyl (C=O) groups excluding carboxylic acids is 1. The third-order valence-corrected chi connectivity index (χ3v) is 3.20. The number of ketones is 1. The summed E-state index contributed by atoms with van der Waals surface area (Å²) in [5.41, 5.74) is 0. The van der Waals surface area contributed by atoms with E-state index in [9.17, 15) is 9.59 Å². The molecule has 0 rings (SSSR count). The number of carbonyl (C=O) groups is 2. The maximum Gasteiger partial charge on any atom is 0.303 e. The summed E-state index contributed by atoms with van der Waals surface area (Å²) >= 11 is 0. The second-order valence-corrected chi connectivity index (χ2v) is 5.41. The minimum atomic E-state index is -0.857. The third kappa shape index (κ3) is 18.1. The second-order valence-electron chi connectivity index (χ2n) is 5.41. The summed E-state index contributed by atoms with van der Waals surface area (Å²) in [5, 5.41) is 8.47. The molecule has 0 heterocycles. The van der Waals surface area contributed by atoms with E-state index in [-0.39, 0.29) is 12.2 Å². The molecule has 3 nitrogen and oxygen atoms in total. The Labute approximate surface area is 140 Å². The summed E-state index contributed by atoms with van der Waals surface area (Å²) in [6.07, 6.45) is 23.3. The Morgan fingerprint density at radius 3 is 2.22 bits per heavy atom. The summed E-state index contributed by atoms with van der Waals surface area (Å²) in [6.45, 7) is 2.21. The zero-order valence-electron chi connectivity index (χ0n) is 14.2. The van der Waals surface area contributed by atoms with Crippen LogP contribution in [0.5, 0.6) is 0 Å². The monoisotopic (exact) mass is 318 g/mol. The van der Waals surface area contributed by atoms with Crippen molar-refractivity contribution < 1.29 is 14.7 Å². The van der Waals surface area contributed by atoms with Crippen LogP contribution in [0.2, 0.25) is 0 Å². The molecule has 0 radical (unpaired) electrons. The van der Waals surface area contributed by atoms with E-state index in [0.29, 0.717) is 12.8 Å². The van der Waals surface area contributed by atoms with Gasteiger partial charge in [-0.15, -0.1) is 0 Å². The van der Waals surface area contributed by atoms with Gasteiger partial charge in [0.25, 0.3) is 0 Å². The molecule has 0 atom stereocenters. The molecule has 0 aromatic heterocycles. The molecule has 0 aromatic rings. The van der Waals surface area contributed by atoms with Crippen molar-refractivity contribution in [2.24, 2.45) is 0 Å². The van der Waals surface area contributed by atoms with Crippen LogP contribution in [0.15, 0.2) is 48.6 Å². The topological polar surface area (TPSA) is 54.4 Å². The van der Waals surface area contributed by atoms with Gasteiger partial charge >= 0.3 is 5.97 Å². The number of unbranched alkanes of at least 4 members (excludes halogenated alkanes) is 3. The Morgan fingerprint density at radius 2 is 1.52 bits per heavy atom. The highest BCUT2D eigenvalue weighted by Crippen LogP contribution is 2.01. The first-order chi connectivity index (χ1) is 11.2. The van der Waals surface area contributed by atoms with Crippen LogP contribution >= 0.6 is 0 Å². The minimum absolute atomic E-state index is 0.0281. The quantitative estimate of drug-likeness (QED) is 0.202. The van der Waals surface area contributed by atoms with E-state index >= 15 is 0 Å². The summed E-state index contributed by atoms with van der Waals surface area (Å²) in [5.74, 6) is -0.885. The van der Waals surface area contributed by atoms with Gasteiger partial charge in [0.2, 0.25) is 0 Å². The molecular weight excluding hydrogens is 288 g/mol. The zero-order chi connectivity index (χ0) is 17.2. The number of allylic oxidation sites excluding steroid dienone is 8. The van der Waals surface area contributed by atoms with Crippen LogP contribution in [0, 0.1) is 0 Å². The molecule has 0 saturated heterocycles. The van der Waals surface area contributed by atoms with E-state index in [1.54, 1.807) is 6.08 Å². The molecule has 0 aromatic carbocycles. The van der Waals surface area contributed by atoms with Gasteiger partial charge in [-0.2, -0.15) is 0 Å². The summed E-state index contributed by atoms with van der Waals surface area (Å²) in [7, 11) is 0. The summed E-state index contributed by atoms with van der Waals surface area (Å²) < 4.78 is 0. The smallest absolute Gasteiger partial charge is 0.303 e. The number of carboxylic acid groups (broad SMARTS) is 1. The first kappa shape index (κ1) is 21.1. The van der Waals surface area contributed by atoms with Crippen molar-refractivity contribution in [3.05, 3.63) is 48.6 Å². The highest BCUT2D eigenvalue weighted by molar-refractivity contribution is 5.90. The molecule has 0 aliphatic rings. The average Bonchev–Trinajstić information content (AvgIpc) is 2.51. The average molecular weight is 318 g/mol. The van der Waals surface area contributed by atoms with E-state index in [4.69, 9.17) is 5.11 Å². The molecule has 0 saturated carbocycles. The van der Waals surface area contributed by atoms with E-state index in [1.165, 1.54) is 31.8 Å². The van der Waals surface area contributed by atoms with Gasteiger partial charge in [-0.3, -0.25) is 9.59 Å². The molecule has 23 heavy (non-hydrogen) atoms. The fraction of sp³-hybridized carbons (Fsp3) is 0.500. The van der Waals surface area contributed by atoms with Crippen molar-refractivity contribution in [2.75, 3.05) is 0 Å². The Kier molecular flexibility index (Phi) is 15.1. The number of rotatable bonds is 14. The van der Waals surface area contributed by atoms with Crippen LogP contribution in [0.1, 0.15) is 64.7 Å². The zero-order valence-corrected chi connectivity index (χ0v) is 14.2. The fourth-order valence-electron chi connectivity index (χ4n) is 1.89. The largest absolute Gasteiger partial charge is 0.481 e. The Morgan fingerprint density at radius 1 is 0.826 bits per heavy atom. The molecule has 0 fully saturated rings. The van der Waals surface area contributed by atoms with Gasteiger partial charge in [0, 0.05) is 12.8 Å². The van der Waals surface area contributed by atoms with Crippen LogP contribution < -0.4 is 0 Å². The maximum absolute atomic E-state index is 11.4. The predicted molar refractivity (Wildman–Crippen MR) is 96.4 cm³/mol. The molecule has 0 unspecified atom stereocenters. The van der Waals surface area contributed by atoms with Crippen LogP contribution in [-0.2, 0) is 9.59 Å². The molecule has 0 amide bonds. The molecule has 128 valence electrons. The van der Waals surface area contributed by atoms with Gasteiger partial charge in [0.1, 0.15) is 0 Å². The standard InChI is InChI=1S/C20H30O3/c1-2-3-4-5-6-7-8-9-10-11-12-13-14-16-19(21)17-15-18-20(22)23/h6-7,9-10,12-14,16H,2-5,8,11,15,17-18H2,1H3,(H,22,23)/b7-6+,10-9-,13-12+,16-14-.